The third-order valence-corrected chi connectivity index (χ3v) is 4.92. The summed E-state index contributed by atoms with van der Waals surface area (Å²) in [4.78, 5) is 53.8. The molecule has 26 heavy (non-hydrogen) atoms. The van der Waals surface area contributed by atoms with Crippen molar-refractivity contribution in [2.45, 2.75) is 13.3 Å². The molecular weight excluding hydrogens is 358 g/mol. The van der Waals surface area contributed by atoms with Gasteiger partial charge in [-0.3, -0.25) is 19.2 Å². The number of amides is 2. The minimum atomic E-state index is -2.11. The second-order valence-corrected chi connectivity index (χ2v) is 6.91. The van der Waals surface area contributed by atoms with Gasteiger partial charge in [0.25, 0.3) is 0 Å². The first-order valence-corrected chi connectivity index (χ1v) is 8.59. The predicted octanol–water partition coefficient (Wildman–Crippen LogP) is 1.02. The first kappa shape index (κ1) is 17.7. The summed E-state index contributed by atoms with van der Waals surface area (Å²) in [7, 11) is 0. The first-order valence-electron chi connectivity index (χ1n) is 7.71. The van der Waals surface area contributed by atoms with Gasteiger partial charge in [-0.05, 0) is 19.1 Å². The maximum atomic E-state index is 13.2. The van der Waals surface area contributed by atoms with Crippen LogP contribution in [-0.2, 0) is 20.8 Å². The normalized spacial score (nSPS) is 18.8. The van der Waals surface area contributed by atoms with E-state index in [2.05, 4.69) is 15.6 Å². The Labute approximate surface area is 152 Å². The van der Waals surface area contributed by atoms with Gasteiger partial charge in [0.05, 0.1) is 16.4 Å². The summed E-state index contributed by atoms with van der Waals surface area (Å²) in [6.07, 6.45) is -0.248. The molecule has 0 saturated heterocycles. The zero-order chi connectivity index (χ0) is 18.9. The smallest absolute Gasteiger partial charge is 0.322 e. The zero-order valence-electron chi connectivity index (χ0n) is 13.7. The fraction of sp³-hybridized carbons (Fsp3) is 0.235. The number of thiazole rings is 1. The number of hydrogen-bond donors (Lipinski definition) is 3. The average Bonchev–Trinajstić information content (AvgIpc) is 3.01. The van der Waals surface area contributed by atoms with Crippen molar-refractivity contribution in [3.8, 4) is 0 Å². The number of para-hydroxylation sites is 1. The molecule has 3 rings (SSSR count). The summed E-state index contributed by atoms with van der Waals surface area (Å²) in [6.45, 7) is 1.07. The minimum Gasteiger partial charge on any atom is -0.480 e. The van der Waals surface area contributed by atoms with Gasteiger partial charge in [-0.2, -0.15) is 0 Å². The molecule has 2 heterocycles. The number of hydrogen-bond acceptors (Lipinski definition) is 6. The van der Waals surface area contributed by atoms with Crippen LogP contribution in [0.15, 0.2) is 29.6 Å². The number of rotatable bonds is 5. The van der Waals surface area contributed by atoms with E-state index >= 15 is 0 Å². The van der Waals surface area contributed by atoms with E-state index < -0.39 is 35.5 Å². The van der Waals surface area contributed by atoms with Gasteiger partial charge in [0.2, 0.25) is 11.8 Å². The fourth-order valence-corrected chi connectivity index (χ4v) is 3.48. The Hall–Kier alpha value is -3.07. The molecule has 0 fully saturated rings. The van der Waals surface area contributed by atoms with Crippen molar-refractivity contribution in [1.29, 1.82) is 0 Å². The first-order chi connectivity index (χ1) is 12.3. The fourth-order valence-electron chi connectivity index (χ4n) is 2.87. The number of carboxylic acids is 1. The summed E-state index contributed by atoms with van der Waals surface area (Å²) in [5.41, 5.74) is -1.17. The van der Waals surface area contributed by atoms with Gasteiger partial charge < -0.3 is 15.7 Å². The topological polar surface area (TPSA) is 125 Å². The van der Waals surface area contributed by atoms with Crippen molar-refractivity contribution in [1.82, 2.24) is 10.3 Å². The minimum absolute atomic E-state index is 0.199. The van der Waals surface area contributed by atoms with E-state index in [0.717, 1.165) is 5.01 Å². The number of benzene rings is 1. The summed E-state index contributed by atoms with van der Waals surface area (Å²) >= 11 is 1.33. The highest BCUT2D eigenvalue weighted by molar-refractivity contribution is 7.09. The van der Waals surface area contributed by atoms with E-state index in [0.29, 0.717) is 11.4 Å². The van der Waals surface area contributed by atoms with Crippen LogP contribution in [0.4, 0.5) is 5.69 Å². The highest BCUT2D eigenvalue weighted by Crippen LogP contribution is 2.37. The molecule has 1 aliphatic rings. The Morgan fingerprint density at radius 2 is 2.04 bits per heavy atom. The van der Waals surface area contributed by atoms with Crippen LogP contribution in [0.3, 0.4) is 0 Å². The lowest BCUT2D eigenvalue weighted by Gasteiger charge is -2.33. The zero-order valence-corrected chi connectivity index (χ0v) is 14.6. The number of Topliss-reactive ketones (excluding diaryl/α,β-unsaturated/α-hetero) is 1. The number of aromatic nitrogens is 1. The number of carboxylic acid groups (broad SMARTS) is 1. The van der Waals surface area contributed by atoms with Crippen LogP contribution in [0.1, 0.15) is 21.1 Å². The van der Waals surface area contributed by atoms with Gasteiger partial charge >= 0.3 is 5.97 Å². The predicted molar refractivity (Wildman–Crippen MR) is 93.0 cm³/mol. The molecule has 8 nitrogen and oxygen atoms in total. The Balaban J connectivity index is 2.08. The van der Waals surface area contributed by atoms with E-state index in [-0.39, 0.29) is 12.0 Å². The Morgan fingerprint density at radius 3 is 2.69 bits per heavy atom. The largest absolute Gasteiger partial charge is 0.480 e. The summed E-state index contributed by atoms with van der Waals surface area (Å²) in [5.74, 6) is -3.70. The maximum absolute atomic E-state index is 13.2. The molecule has 0 aliphatic carbocycles. The molecule has 0 radical (unpaired) electrons. The van der Waals surface area contributed by atoms with Crippen LogP contribution in [0.25, 0.3) is 0 Å². The van der Waals surface area contributed by atoms with E-state index in [1.54, 1.807) is 30.5 Å². The number of nitrogens with zero attached hydrogens (tertiary/aromatic N) is 1. The monoisotopic (exact) mass is 373 g/mol. The van der Waals surface area contributed by atoms with Crippen molar-refractivity contribution < 1.29 is 24.3 Å². The summed E-state index contributed by atoms with van der Waals surface area (Å²) in [5, 5.41) is 16.0. The SMILES string of the molecule is Cc1nc(CC2(C(=O)NCC(=O)O)C(=O)Nc3ccccc3C2=O)cs1. The van der Waals surface area contributed by atoms with Crippen molar-refractivity contribution in [2.75, 3.05) is 11.9 Å². The lowest BCUT2D eigenvalue weighted by atomic mass is 9.72. The van der Waals surface area contributed by atoms with E-state index in [4.69, 9.17) is 5.11 Å². The van der Waals surface area contributed by atoms with Crippen LogP contribution in [-0.4, -0.2) is 40.2 Å². The van der Waals surface area contributed by atoms with Crippen LogP contribution < -0.4 is 10.6 Å². The highest BCUT2D eigenvalue weighted by Gasteiger charge is 2.56. The second-order valence-electron chi connectivity index (χ2n) is 5.85. The lowest BCUT2D eigenvalue weighted by molar-refractivity contribution is -0.142. The van der Waals surface area contributed by atoms with E-state index in [9.17, 15) is 19.2 Å². The Bertz CT molecular complexity index is 923. The highest BCUT2D eigenvalue weighted by atomic mass is 32.1. The second kappa shape index (κ2) is 6.68. The van der Waals surface area contributed by atoms with Gasteiger partial charge in [0.15, 0.2) is 11.2 Å². The number of nitrogens with one attached hydrogen (secondary N) is 2. The van der Waals surface area contributed by atoms with E-state index in [1.807, 2.05) is 0 Å². The molecular formula is C17H15N3O5S. The van der Waals surface area contributed by atoms with Crippen LogP contribution >= 0.6 is 11.3 Å². The molecule has 0 bridgehead atoms. The van der Waals surface area contributed by atoms with Crippen molar-refractivity contribution in [2.24, 2.45) is 5.41 Å². The molecule has 9 heteroatoms. The number of aryl methyl sites for hydroxylation is 1. The summed E-state index contributed by atoms with van der Waals surface area (Å²) in [6, 6.07) is 6.37. The number of carbonyl (C=O) groups excluding carboxylic acids is 3. The van der Waals surface area contributed by atoms with Crippen molar-refractivity contribution >= 4 is 40.6 Å². The quantitative estimate of drug-likeness (QED) is 0.672. The molecule has 1 atom stereocenters. The molecule has 0 saturated carbocycles. The van der Waals surface area contributed by atoms with Crippen LogP contribution in [0, 0.1) is 12.3 Å². The number of fused-ring (bicyclic) bond motifs is 1. The molecule has 2 amide bonds. The molecule has 1 aromatic heterocycles. The molecule has 3 N–H and O–H groups in total. The van der Waals surface area contributed by atoms with Crippen molar-refractivity contribution in [3.63, 3.8) is 0 Å². The van der Waals surface area contributed by atoms with Gasteiger partial charge in [0, 0.05) is 17.4 Å². The van der Waals surface area contributed by atoms with Gasteiger partial charge in [-0.1, -0.05) is 12.1 Å². The standard InChI is InChI=1S/C17H15N3O5S/c1-9-19-10(8-26-9)6-17(15(24)18-7-13(21)22)14(23)11-4-2-3-5-12(11)20-16(17)25/h2-5,8H,6-7H2,1H3,(H,18,24)(H,20,25)(H,21,22). The van der Waals surface area contributed by atoms with Crippen LogP contribution in [0.2, 0.25) is 0 Å². The van der Waals surface area contributed by atoms with E-state index in [1.165, 1.54) is 17.4 Å². The molecule has 1 aliphatic heterocycles. The third kappa shape index (κ3) is 2.97. The molecule has 0 spiro atoms. The number of carbonyl (C=O) groups is 4. The average molecular weight is 373 g/mol. The number of anilines is 1. The molecule has 1 aromatic carbocycles. The molecule has 2 aromatic rings. The van der Waals surface area contributed by atoms with Gasteiger partial charge in [0.1, 0.15) is 6.54 Å². The van der Waals surface area contributed by atoms with Gasteiger partial charge in [-0.15, -0.1) is 11.3 Å². The Morgan fingerprint density at radius 1 is 1.31 bits per heavy atom. The maximum Gasteiger partial charge on any atom is 0.322 e. The Kier molecular flexibility index (Phi) is 4.56. The number of ketones is 1. The third-order valence-electron chi connectivity index (χ3n) is 4.10. The number of aliphatic carboxylic acids is 1. The summed E-state index contributed by atoms with van der Waals surface area (Å²) < 4.78 is 0. The van der Waals surface area contributed by atoms with Crippen LogP contribution in [0.5, 0.6) is 0 Å². The molecule has 134 valence electrons. The lowest BCUT2D eigenvalue weighted by Crippen LogP contribution is -2.58. The van der Waals surface area contributed by atoms with Crippen molar-refractivity contribution in [3.05, 3.63) is 45.9 Å². The van der Waals surface area contributed by atoms with Gasteiger partial charge in [-0.25, -0.2) is 4.98 Å². The molecule has 1 unspecified atom stereocenters.